The van der Waals surface area contributed by atoms with Crippen molar-refractivity contribution in [1.29, 1.82) is 0 Å². The average molecular weight is 552 g/mol. The summed E-state index contributed by atoms with van der Waals surface area (Å²) >= 11 is 14.0. The van der Waals surface area contributed by atoms with Gasteiger partial charge in [0.1, 0.15) is 5.82 Å². The molecule has 0 amide bonds. The van der Waals surface area contributed by atoms with Crippen molar-refractivity contribution in [1.82, 2.24) is 9.88 Å². The monoisotopic (exact) mass is 550 g/mol. The third-order valence-corrected chi connectivity index (χ3v) is 9.77. The van der Waals surface area contributed by atoms with Gasteiger partial charge in [-0.1, -0.05) is 40.6 Å². The van der Waals surface area contributed by atoms with Gasteiger partial charge in [0.2, 0.25) is 0 Å². The summed E-state index contributed by atoms with van der Waals surface area (Å²) in [5, 5.41) is 14.9. The van der Waals surface area contributed by atoms with E-state index >= 15 is 0 Å². The number of hydrogen-bond acceptors (Lipinski definition) is 6. The van der Waals surface area contributed by atoms with Crippen LogP contribution in [0.4, 0.5) is 15.2 Å². The number of anilines is 2. The first kappa shape index (κ1) is 26.0. The molecule has 9 heteroatoms. The van der Waals surface area contributed by atoms with E-state index in [1.807, 2.05) is 13.0 Å². The molecule has 0 saturated carbocycles. The van der Waals surface area contributed by atoms with Gasteiger partial charge in [0.25, 0.3) is 0 Å². The summed E-state index contributed by atoms with van der Waals surface area (Å²) in [5.41, 5.74) is 2.12. The molecular formula is C27H33Cl2FN4OS. The van der Waals surface area contributed by atoms with Gasteiger partial charge in [-0.05, 0) is 75.3 Å². The predicted molar refractivity (Wildman–Crippen MR) is 149 cm³/mol. The van der Waals surface area contributed by atoms with Crippen molar-refractivity contribution in [2.75, 3.05) is 36.5 Å². The number of benzene rings is 2. The topological polar surface area (TPSA) is 51.6 Å². The molecule has 5 nitrogen and oxygen atoms in total. The first-order chi connectivity index (χ1) is 17.3. The van der Waals surface area contributed by atoms with Gasteiger partial charge in [-0.2, -0.15) is 0 Å². The molecule has 3 unspecified atom stereocenters. The second-order valence-corrected chi connectivity index (χ2v) is 12.1. The second-order valence-electron chi connectivity index (χ2n) is 10.3. The molecule has 3 heterocycles. The maximum absolute atomic E-state index is 15.0. The lowest BCUT2D eigenvalue weighted by atomic mass is 9.75. The lowest BCUT2D eigenvalue weighted by Crippen LogP contribution is -2.58. The van der Waals surface area contributed by atoms with Crippen LogP contribution >= 0.6 is 34.5 Å². The number of aromatic nitrogens is 1. The van der Waals surface area contributed by atoms with Gasteiger partial charge in [-0.15, -0.1) is 0 Å². The number of rotatable bonds is 7. The number of aliphatic hydroxyl groups is 1. The number of β-amino-alcohol motifs (C(OH)–C–C–N with tert-alkyl or cyclic N) is 1. The number of nitrogens with one attached hydrogen (secondary N) is 1. The Hall–Kier alpha value is -1.64. The van der Waals surface area contributed by atoms with E-state index in [9.17, 15) is 9.50 Å². The maximum Gasteiger partial charge on any atom is 0.186 e. The fourth-order valence-corrected chi connectivity index (χ4v) is 7.62. The van der Waals surface area contributed by atoms with E-state index < -0.39 is 0 Å². The van der Waals surface area contributed by atoms with Crippen LogP contribution < -0.4 is 10.2 Å². The molecule has 2 aliphatic rings. The minimum Gasteiger partial charge on any atom is -0.395 e. The molecular weight excluding hydrogens is 518 g/mol. The van der Waals surface area contributed by atoms with E-state index in [0.29, 0.717) is 39.7 Å². The van der Waals surface area contributed by atoms with E-state index in [-0.39, 0.29) is 18.5 Å². The zero-order valence-electron chi connectivity index (χ0n) is 20.8. The second kappa shape index (κ2) is 10.6. The fourth-order valence-electron chi connectivity index (χ4n) is 5.97. The number of hydrogen-bond donors (Lipinski definition) is 2. The number of fused-ring (bicyclic) bond motifs is 1. The van der Waals surface area contributed by atoms with Crippen molar-refractivity contribution < 1.29 is 9.50 Å². The average Bonchev–Trinajstić information content (AvgIpc) is 3.23. The quantitative estimate of drug-likeness (QED) is 0.337. The smallest absolute Gasteiger partial charge is 0.186 e. The van der Waals surface area contributed by atoms with Crippen LogP contribution in [0.5, 0.6) is 0 Å². The highest BCUT2D eigenvalue weighted by Gasteiger charge is 2.42. The number of thiazole rings is 1. The van der Waals surface area contributed by atoms with Crippen LogP contribution in [0.15, 0.2) is 30.3 Å². The summed E-state index contributed by atoms with van der Waals surface area (Å²) in [5.74, 6) is 0.936. The first-order valence-electron chi connectivity index (χ1n) is 12.7. The van der Waals surface area contributed by atoms with Crippen molar-refractivity contribution in [3.63, 3.8) is 0 Å². The molecule has 0 radical (unpaired) electrons. The Balaban J connectivity index is 1.31. The van der Waals surface area contributed by atoms with Crippen LogP contribution in [0.3, 0.4) is 0 Å². The number of piperidine rings is 1. The third kappa shape index (κ3) is 4.93. The third-order valence-electron chi connectivity index (χ3n) is 8.06. The van der Waals surface area contributed by atoms with Gasteiger partial charge in [-0.25, -0.2) is 9.37 Å². The van der Waals surface area contributed by atoms with Crippen molar-refractivity contribution in [2.24, 2.45) is 11.8 Å². The molecule has 4 atom stereocenters. The Morgan fingerprint density at radius 3 is 2.69 bits per heavy atom. The van der Waals surface area contributed by atoms with E-state index in [1.54, 1.807) is 18.2 Å². The van der Waals surface area contributed by atoms with Gasteiger partial charge in [0.15, 0.2) is 5.13 Å². The van der Waals surface area contributed by atoms with Crippen LogP contribution in [-0.2, 0) is 0 Å². The number of halogens is 3. The van der Waals surface area contributed by atoms with Gasteiger partial charge >= 0.3 is 0 Å². The minimum atomic E-state index is -0.301. The molecule has 36 heavy (non-hydrogen) atoms. The molecule has 2 N–H and O–H groups in total. The summed E-state index contributed by atoms with van der Waals surface area (Å²) in [6, 6.07) is 9.38. The highest BCUT2D eigenvalue weighted by Crippen LogP contribution is 2.43. The van der Waals surface area contributed by atoms with Gasteiger partial charge < -0.3 is 15.3 Å². The van der Waals surface area contributed by atoms with E-state index in [2.05, 4.69) is 29.0 Å². The Labute approximate surface area is 226 Å². The summed E-state index contributed by atoms with van der Waals surface area (Å²) in [4.78, 5) is 9.63. The fraction of sp³-hybridized carbons (Fsp3) is 0.519. The van der Waals surface area contributed by atoms with Gasteiger partial charge in [0.05, 0.1) is 28.6 Å². The molecule has 3 aromatic rings. The molecule has 194 valence electrons. The van der Waals surface area contributed by atoms with Crippen molar-refractivity contribution in [3.05, 3.63) is 51.8 Å². The molecule has 2 saturated heterocycles. The molecule has 0 spiro atoms. The Bertz CT molecular complexity index is 1230. The largest absolute Gasteiger partial charge is 0.395 e. The van der Waals surface area contributed by atoms with Crippen LogP contribution in [-0.4, -0.2) is 53.3 Å². The first-order valence-corrected chi connectivity index (χ1v) is 14.3. The number of likely N-dealkylation sites (tertiary alicyclic amines) is 1. The van der Waals surface area contributed by atoms with Crippen LogP contribution in [0.1, 0.15) is 45.2 Å². The van der Waals surface area contributed by atoms with Crippen molar-refractivity contribution >= 4 is 55.6 Å². The molecule has 2 aliphatic heterocycles. The molecule has 1 aromatic heterocycles. The van der Waals surface area contributed by atoms with E-state index in [1.165, 1.54) is 30.2 Å². The molecule has 2 aromatic carbocycles. The lowest BCUT2D eigenvalue weighted by molar-refractivity contribution is 0.0132. The van der Waals surface area contributed by atoms with E-state index in [4.69, 9.17) is 28.2 Å². The molecule has 2 fully saturated rings. The Morgan fingerprint density at radius 1 is 1.19 bits per heavy atom. The number of aliphatic hydroxyl groups excluding tert-OH is 1. The Kier molecular flexibility index (Phi) is 7.66. The van der Waals surface area contributed by atoms with Crippen LogP contribution in [0.25, 0.3) is 10.2 Å². The maximum atomic E-state index is 15.0. The molecule has 0 aliphatic carbocycles. The van der Waals surface area contributed by atoms with Gasteiger partial charge in [0, 0.05) is 41.8 Å². The molecule has 5 rings (SSSR count). The van der Waals surface area contributed by atoms with Crippen LogP contribution in [0, 0.1) is 17.7 Å². The van der Waals surface area contributed by atoms with Crippen LogP contribution in [0.2, 0.25) is 10.0 Å². The summed E-state index contributed by atoms with van der Waals surface area (Å²) < 4.78 is 15.8. The zero-order chi connectivity index (χ0) is 25.6. The lowest BCUT2D eigenvalue weighted by Gasteiger charge is -2.51. The minimum absolute atomic E-state index is 0.203. The zero-order valence-corrected chi connectivity index (χ0v) is 23.2. The highest BCUT2D eigenvalue weighted by atomic mass is 35.5. The highest BCUT2D eigenvalue weighted by molar-refractivity contribution is 7.22. The SMILES string of the molecule is CC1CCC(C2CN(c3nc4ccc(F)c(N[C@H](C)c5ccc(Cl)cc5Cl)c4s3)C2)C(C)N1CCO. The predicted octanol–water partition coefficient (Wildman–Crippen LogP) is 6.83. The van der Waals surface area contributed by atoms with E-state index in [0.717, 1.165) is 40.5 Å². The van der Waals surface area contributed by atoms with Crippen molar-refractivity contribution in [2.45, 2.75) is 51.7 Å². The van der Waals surface area contributed by atoms with Gasteiger partial charge in [-0.3, -0.25) is 4.90 Å². The Morgan fingerprint density at radius 2 is 1.97 bits per heavy atom. The summed E-state index contributed by atoms with van der Waals surface area (Å²) in [6.45, 7) is 9.43. The number of nitrogens with zero attached hydrogens (tertiary/aromatic N) is 3. The van der Waals surface area contributed by atoms with Crippen molar-refractivity contribution in [3.8, 4) is 0 Å². The summed E-state index contributed by atoms with van der Waals surface area (Å²) in [7, 11) is 0. The standard InChI is InChI=1S/C27H33Cl2FN4OS/c1-15-4-6-21(17(3)34(15)10-11-35)18-13-33(14-18)27-32-24-9-8-23(30)25(26(24)36-27)31-16(2)20-7-5-19(28)12-22(20)29/h5,7-9,12,15-18,21,31,35H,4,6,10-11,13-14H2,1-3H3/t15?,16-,17?,21?/m1/s1. The summed E-state index contributed by atoms with van der Waals surface area (Å²) in [6.07, 6.45) is 2.41. The normalized spacial score (nSPS) is 24.2. The molecule has 0 bridgehead atoms.